The molecule has 1 saturated heterocycles. The van der Waals surface area contributed by atoms with Crippen LogP contribution < -0.4 is 0 Å². The topological polar surface area (TPSA) is 79.7 Å². The van der Waals surface area contributed by atoms with Gasteiger partial charge in [-0.1, -0.05) is 0 Å². The molecule has 2 heterocycles. The number of hydrogen-bond acceptors (Lipinski definition) is 5. The molecular weight excluding hydrogens is 268 g/mol. The first-order chi connectivity index (χ1) is 8.93. The van der Waals surface area contributed by atoms with E-state index >= 15 is 0 Å². The lowest BCUT2D eigenvalue weighted by Gasteiger charge is -2.20. The predicted octanol–water partition coefficient (Wildman–Crippen LogP) is 1.07. The van der Waals surface area contributed by atoms with Crippen molar-refractivity contribution in [3.8, 4) is 0 Å². The summed E-state index contributed by atoms with van der Waals surface area (Å²) in [6.45, 7) is 3.94. The van der Waals surface area contributed by atoms with Crippen molar-refractivity contribution in [3.05, 3.63) is 15.6 Å². The Bertz CT molecular complexity index is 514. The fourth-order valence-electron chi connectivity index (χ4n) is 2.29. The third-order valence-electron chi connectivity index (χ3n) is 3.25. The Kier molecular flexibility index (Phi) is 3.86. The van der Waals surface area contributed by atoms with Gasteiger partial charge in [-0.2, -0.15) is 0 Å². The maximum absolute atomic E-state index is 12.4. The Hall–Kier alpha value is -1.47. The molecule has 1 N–H and O–H groups in total. The van der Waals surface area contributed by atoms with Crippen molar-refractivity contribution in [3.63, 3.8) is 0 Å². The zero-order valence-corrected chi connectivity index (χ0v) is 11.9. The first-order valence-electron chi connectivity index (χ1n) is 5.94. The fourth-order valence-corrected chi connectivity index (χ4v) is 3.10. The fraction of sp³-hybridized carbons (Fsp3) is 0.583. The number of nitrogens with zero attached hydrogens (tertiary/aromatic N) is 2. The number of carboxylic acid groups (broad SMARTS) is 1. The van der Waals surface area contributed by atoms with Crippen LogP contribution in [-0.2, 0) is 9.53 Å². The third-order valence-corrected chi connectivity index (χ3v) is 4.13. The van der Waals surface area contributed by atoms with E-state index in [-0.39, 0.29) is 12.0 Å². The number of carboxylic acids is 1. The number of likely N-dealkylation sites (tertiary alicyclic amines) is 1. The maximum atomic E-state index is 12.4. The first-order valence-corrected chi connectivity index (χ1v) is 6.76. The summed E-state index contributed by atoms with van der Waals surface area (Å²) < 4.78 is 5.17. The number of aliphatic carboxylic acids is 1. The van der Waals surface area contributed by atoms with Gasteiger partial charge in [0, 0.05) is 25.0 Å². The van der Waals surface area contributed by atoms with Gasteiger partial charge in [0.05, 0.1) is 11.1 Å². The molecule has 1 aliphatic heterocycles. The Morgan fingerprint density at radius 3 is 2.63 bits per heavy atom. The highest BCUT2D eigenvalue weighted by Crippen LogP contribution is 2.25. The van der Waals surface area contributed by atoms with Crippen LogP contribution in [0.15, 0.2) is 0 Å². The standard InChI is InChI=1S/C12H16N2O4S/c1-6-10(13-7(2)19-6)11(15)14-5-8(18-3)4-9(14)12(16)17/h8-9H,4-5H2,1-3H3,(H,16,17). The van der Waals surface area contributed by atoms with Gasteiger partial charge in [-0.25, -0.2) is 9.78 Å². The molecule has 0 spiro atoms. The zero-order valence-electron chi connectivity index (χ0n) is 11.0. The van der Waals surface area contributed by atoms with E-state index in [1.165, 1.54) is 23.3 Å². The number of carbonyl (C=O) groups excluding carboxylic acids is 1. The van der Waals surface area contributed by atoms with Gasteiger partial charge in [-0.05, 0) is 13.8 Å². The van der Waals surface area contributed by atoms with E-state index in [1.54, 1.807) is 0 Å². The Labute approximate surface area is 115 Å². The first kappa shape index (κ1) is 14.0. The van der Waals surface area contributed by atoms with Crippen molar-refractivity contribution in [2.45, 2.75) is 32.4 Å². The van der Waals surface area contributed by atoms with Crippen LogP contribution in [0, 0.1) is 13.8 Å². The summed E-state index contributed by atoms with van der Waals surface area (Å²) in [5, 5.41) is 10.0. The van der Waals surface area contributed by atoms with Crippen LogP contribution in [0.25, 0.3) is 0 Å². The van der Waals surface area contributed by atoms with E-state index < -0.39 is 12.0 Å². The largest absolute Gasteiger partial charge is 0.480 e. The van der Waals surface area contributed by atoms with Crippen LogP contribution in [0.2, 0.25) is 0 Å². The third kappa shape index (κ3) is 2.62. The molecule has 104 valence electrons. The second-order valence-electron chi connectivity index (χ2n) is 4.54. The number of ether oxygens (including phenoxy) is 1. The maximum Gasteiger partial charge on any atom is 0.326 e. The van der Waals surface area contributed by atoms with Crippen molar-refractivity contribution in [1.29, 1.82) is 0 Å². The van der Waals surface area contributed by atoms with E-state index in [1.807, 2.05) is 13.8 Å². The molecule has 19 heavy (non-hydrogen) atoms. The summed E-state index contributed by atoms with van der Waals surface area (Å²) in [6.07, 6.45) is 0.0878. The minimum atomic E-state index is -1.00. The highest BCUT2D eigenvalue weighted by atomic mass is 32.1. The second kappa shape index (κ2) is 5.26. The number of methoxy groups -OCH3 is 1. The lowest BCUT2D eigenvalue weighted by Crippen LogP contribution is -2.41. The molecule has 1 fully saturated rings. The molecular formula is C12H16N2O4S. The van der Waals surface area contributed by atoms with Crippen LogP contribution >= 0.6 is 11.3 Å². The summed E-state index contributed by atoms with van der Waals surface area (Å²) >= 11 is 1.44. The van der Waals surface area contributed by atoms with Crippen LogP contribution in [0.1, 0.15) is 26.8 Å². The highest BCUT2D eigenvalue weighted by Gasteiger charge is 2.41. The molecule has 0 radical (unpaired) electrons. The minimum absolute atomic E-state index is 0.231. The molecule has 0 saturated carbocycles. The normalized spacial score (nSPS) is 22.8. The molecule has 1 aliphatic rings. The van der Waals surface area contributed by atoms with Gasteiger partial charge in [-0.15, -0.1) is 11.3 Å². The molecule has 6 nitrogen and oxygen atoms in total. The number of hydrogen-bond donors (Lipinski definition) is 1. The number of aromatic nitrogens is 1. The van der Waals surface area contributed by atoms with Crippen molar-refractivity contribution in [2.75, 3.05) is 13.7 Å². The van der Waals surface area contributed by atoms with Crippen LogP contribution in [0.3, 0.4) is 0 Å². The van der Waals surface area contributed by atoms with Crippen LogP contribution in [0.4, 0.5) is 0 Å². The van der Waals surface area contributed by atoms with E-state index in [0.717, 1.165) is 9.88 Å². The molecule has 1 aromatic rings. The van der Waals surface area contributed by atoms with Gasteiger partial charge in [0.25, 0.3) is 5.91 Å². The minimum Gasteiger partial charge on any atom is -0.480 e. The summed E-state index contributed by atoms with van der Waals surface area (Å²) in [5.74, 6) is -1.33. The molecule has 2 atom stereocenters. The predicted molar refractivity (Wildman–Crippen MR) is 69.5 cm³/mol. The Morgan fingerprint density at radius 1 is 1.47 bits per heavy atom. The Morgan fingerprint density at radius 2 is 2.16 bits per heavy atom. The number of aryl methyl sites for hydroxylation is 2. The van der Waals surface area contributed by atoms with Gasteiger partial charge in [-0.3, -0.25) is 4.79 Å². The molecule has 7 heteroatoms. The smallest absolute Gasteiger partial charge is 0.326 e. The SMILES string of the molecule is COC1CC(C(=O)O)N(C(=O)c2nc(C)sc2C)C1. The Balaban J connectivity index is 2.26. The van der Waals surface area contributed by atoms with Crippen molar-refractivity contribution in [1.82, 2.24) is 9.88 Å². The second-order valence-corrected chi connectivity index (χ2v) is 5.95. The van der Waals surface area contributed by atoms with Crippen molar-refractivity contribution >= 4 is 23.2 Å². The molecule has 0 aliphatic carbocycles. The van der Waals surface area contributed by atoms with E-state index in [9.17, 15) is 14.7 Å². The highest BCUT2D eigenvalue weighted by molar-refractivity contribution is 7.11. The quantitative estimate of drug-likeness (QED) is 0.898. The number of rotatable bonds is 3. The van der Waals surface area contributed by atoms with Gasteiger partial charge < -0.3 is 14.7 Å². The molecule has 2 rings (SSSR count). The van der Waals surface area contributed by atoms with E-state index in [2.05, 4.69) is 4.98 Å². The zero-order chi connectivity index (χ0) is 14.2. The number of amides is 1. The molecule has 2 unspecified atom stereocenters. The monoisotopic (exact) mass is 284 g/mol. The summed E-state index contributed by atoms with van der Waals surface area (Å²) in [4.78, 5) is 30.0. The molecule has 1 amide bonds. The average molecular weight is 284 g/mol. The van der Waals surface area contributed by atoms with Crippen LogP contribution in [-0.4, -0.2) is 52.7 Å². The van der Waals surface area contributed by atoms with Crippen LogP contribution in [0.5, 0.6) is 0 Å². The summed E-state index contributed by atoms with van der Waals surface area (Å²) in [7, 11) is 1.52. The molecule has 0 aromatic carbocycles. The van der Waals surface area contributed by atoms with Gasteiger partial charge in [0.15, 0.2) is 0 Å². The van der Waals surface area contributed by atoms with E-state index in [4.69, 9.17) is 4.74 Å². The summed E-state index contributed by atoms with van der Waals surface area (Å²) in [6, 6.07) is -0.834. The summed E-state index contributed by atoms with van der Waals surface area (Å²) in [5.41, 5.74) is 0.352. The number of thiazole rings is 1. The van der Waals surface area contributed by atoms with Crippen molar-refractivity contribution in [2.24, 2.45) is 0 Å². The average Bonchev–Trinajstić information content (AvgIpc) is 2.91. The lowest BCUT2D eigenvalue weighted by atomic mass is 10.2. The lowest BCUT2D eigenvalue weighted by molar-refractivity contribution is -0.141. The molecule has 0 bridgehead atoms. The van der Waals surface area contributed by atoms with Gasteiger partial charge in [0.1, 0.15) is 11.7 Å². The van der Waals surface area contributed by atoms with Gasteiger partial charge in [0.2, 0.25) is 0 Å². The van der Waals surface area contributed by atoms with Gasteiger partial charge >= 0.3 is 5.97 Å². The van der Waals surface area contributed by atoms with E-state index in [0.29, 0.717) is 18.7 Å². The number of carbonyl (C=O) groups is 2. The molecule has 1 aromatic heterocycles. The van der Waals surface area contributed by atoms with Crippen molar-refractivity contribution < 1.29 is 19.4 Å².